The number of fused-ring (bicyclic) bond motifs is 1. The molecule has 0 aliphatic carbocycles. The van der Waals surface area contributed by atoms with Gasteiger partial charge in [-0.25, -0.2) is 13.4 Å². The Balaban J connectivity index is 1.28. The summed E-state index contributed by atoms with van der Waals surface area (Å²) in [5.74, 6) is -0.226. The van der Waals surface area contributed by atoms with E-state index in [2.05, 4.69) is 16.0 Å². The van der Waals surface area contributed by atoms with E-state index in [1.54, 1.807) is 28.4 Å². The number of benzene rings is 2. The molecule has 2 heterocycles. The summed E-state index contributed by atoms with van der Waals surface area (Å²) in [6.07, 6.45) is 0.0380. The molecule has 1 aromatic heterocycles. The second-order valence-electron chi connectivity index (χ2n) is 7.16. The summed E-state index contributed by atoms with van der Waals surface area (Å²) in [7, 11) is -3.30. The smallest absolute Gasteiger partial charge is 0.223 e. The SMILES string of the molecule is O=C(CCS(=O)(=O)Cc1ccccc1)N1CCN(c2nc3ccccc3s2)CC1. The fourth-order valence-corrected chi connectivity index (χ4v) is 5.79. The van der Waals surface area contributed by atoms with Crippen molar-refractivity contribution in [2.75, 3.05) is 36.8 Å². The van der Waals surface area contributed by atoms with Crippen LogP contribution >= 0.6 is 11.3 Å². The topological polar surface area (TPSA) is 70.6 Å². The standard InChI is InChI=1S/C21H23N3O3S2/c25-20(10-15-29(26,27)16-17-6-2-1-3-7-17)23-11-13-24(14-12-23)21-22-18-8-4-5-9-19(18)28-21/h1-9H,10-16H2. The number of para-hydroxylation sites is 1. The zero-order valence-electron chi connectivity index (χ0n) is 16.0. The lowest BCUT2D eigenvalue weighted by molar-refractivity contribution is -0.131. The third-order valence-electron chi connectivity index (χ3n) is 5.04. The van der Waals surface area contributed by atoms with Gasteiger partial charge in [-0.05, 0) is 17.7 Å². The lowest BCUT2D eigenvalue weighted by Gasteiger charge is -2.34. The highest BCUT2D eigenvalue weighted by molar-refractivity contribution is 7.90. The van der Waals surface area contributed by atoms with Gasteiger partial charge in [0.25, 0.3) is 0 Å². The maximum atomic E-state index is 12.5. The van der Waals surface area contributed by atoms with Crippen molar-refractivity contribution in [2.24, 2.45) is 0 Å². The first-order valence-corrected chi connectivity index (χ1v) is 12.3. The molecule has 152 valence electrons. The first kappa shape index (κ1) is 19.8. The van der Waals surface area contributed by atoms with Crippen LogP contribution < -0.4 is 4.90 Å². The molecule has 0 bridgehead atoms. The monoisotopic (exact) mass is 429 g/mol. The van der Waals surface area contributed by atoms with Gasteiger partial charge in [-0.15, -0.1) is 0 Å². The summed E-state index contributed by atoms with van der Waals surface area (Å²) in [5, 5.41) is 0.976. The van der Waals surface area contributed by atoms with E-state index in [1.807, 2.05) is 36.4 Å². The van der Waals surface area contributed by atoms with Crippen LogP contribution in [0, 0.1) is 0 Å². The van der Waals surface area contributed by atoms with Gasteiger partial charge < -0.3 is 9.80 Å². The highest BCUT2D eigenvalue weighted by atomic mass is 32.2. The second kappa shape index (κ2) is 8.51. The predicted molar refractivity (Wildman–Crippen MR) is 117 cm³/mol. The third-order valence-corrected chi connectivity index (χ3v) is 7.74. The van der Waals surface area contributed by atoms with E-state index < -0.39 is 9.84 Å². The molecule has 0 radical (unpaired) electrons. The fourth-order valence-electron chi connectivity index (χ4n) is 3.44. The number of hydrogen-bond donors (Lipinski definition) is 0. The molecule has 0 N–H and O–H groups in total. The van der Waals surface area contributed by atoms with Gasteiger partial charge in [0.15, 0.2) is 15.0 Å². The maximum absolute atomic E-state index is 12.5. The van der Waals surface area contributed by atoms with E-state index >= 15 is 0 Å². The molecule has 1 aliphatic rings. The van der Waals surface area contributed by atoms with Crippen LogP contribution in [0.5, 0.6) is 0 Å². The van der Waals surface area contributed by atoms with Crippen LogP contribution in [0.3, 0.4) is 0 Å². The number of thiazole rings is 1. The van der Waals surface area contributed by atoms with Gasteiger partial charge in [0, 0.05) is 32.6 Å². The Labute approximate surface area is 174 Å². The Morgan fingerprint density at radius 3 is 2.38 bits per heavy atom. The molecule has 3 aromatic rings. The molecule has 0 saturated carbocycles. The zero-order valence-corrected chi connectivity index (χ0v) is 17.7. The molecule has 4 rings (SSSR count). The maximum Gasteiger partial charge on any atom is 0.223 e. The number of carbonyl (C=O) groups is 1. The molecule has 0 unspecified atom stereocenters. The Morgan fingerprint density at radius 1 is 0.966 bits per heavy atom. The Kier molecular flexibility index (Phi) is 5.82. The molecule has 29 heavy (non-hydrogen) atoms. The largest absolute Gasteiger partial charge is 0.345 e. The van der Waals surface area contributed by atoms with Crippen LogP contribution in [0.1, 0.15) is 12.0 Å². The molecule has 8 heteroatoms. The quantitative estimate of drug-likeness (QED) is 0.603. The second-order valence-corrected chi connectivity index (χ2v) is 10.4. The average Bonchev–Trinajstić information content (AvgIpc) is 3.17. The van der Waals surface area contributed by atoms with Crippen molar-refractivity contribution in [3.63, 3.8) is 0 Å². The Morgan fingerprint density at radius 2 is 1.66 bits per heavy atom. The first-order chi connectivity index (χ1) is 14.0. The molecule has 1 saturated heterocycles. The molecule has 6 nitrogen and oxygen atoms in total. The number of aromatic nitrogens is 1. The minimum absolute atomic E-state index is 0.0213. The highest BCUT2D eigenvalue weighted by Crippen LogP contribution is 2.29. The van der Waals surface area contributed by atoms with E-state index in [-0.39, 0.29) is 23.8 Å². The number of hydrogen-bond acceptors (Lipinski definition) is 6. The summed E-state index contributed by atoms with van der Waals surface area (Å²) in [4.78, 5) is 21.1. The lowest BCUT2D eigenvalue weighted by atomic mass is 10.2. The lowest BCUT2D eigenvalue weighted by Crippen LogP contribution is -2.49. The summed E-state index contributed by atoms with van der Waals surface area (Å²) in [5.41, 5.74) is 1.75. The van der Waals surface area contributed by atoms with Crippen molar-refractivity contribution in [1.82, 2.24) is 9.88 Å². The van der Waals surface area contributed by atoms with Crippen molar-refractivity contribution >= 4 is 42.4 Å². The first-order valence-electron chi connectivity index (χ1n) is 9.63. The van der Waals surface area contributed by atoms with Gasteiger partial charge in [0.05, 0.1) is 21.7 Å². The van der Waals surface area contributed by atoms with Crippen molar-refractivity contribution in [3.8, 4) is 0 Å². The van der Waals surface area contributed by atoms with Crippen molar-refractivity contribution < 1.29 is 13.2 Å². The number of rotatable bonds is 6. The van der Waals surface area contributed by atoms with Crippen molar-refractivity contribution in [2.45, 2.75) is 12.2 Å². The number of nitrogens with zero attached hydrogens (tertiary/aromatic N) is 3. The van der Waals surface area contributed by atoms with Crippen LogP contribution in [0.2, 0.25) is 0 Å². The van der Waals surface area contributed by atoms with Crippen LogP contribution in [0.15, 0.2) is 54.6 Å². The van der Waals surface area contributed by atoms with Crippen molar-refractivity contribution in [1.29, 1.82) is 0 Å². The van der Waals surface area contributed by atoms with Crippen molar-refractivity contribution in [3.05, 3.63) is 60.2 Å². The molecule has 0 spiro atoms. The minimum Gasteiger partial charge on any atom is -0.345 e. The van der Waals surface area contributed by atoms with Gasteiger partial charge in [0.2, 0.25) is 5.91 Å². The number of anilines is 1. The molecular weight excluding hydrogens is 406 g/mol. The van der Waals surface area contributed by atoms with E-state index in [0.29, 0.717) is 26.2 Å². The predicted octanol–water partition coefficient (Wildman–Crippen LogP) is 2.95. The summed E-state index contributed by atoms with van der Waals surface area (Å²) < 4.78 is 25.8. The van der Waals surface area contributed by atoms with Crippen LogP contribution in [-0.4, -0.2) is 56.1 Å². The number of carbonyl (C=O) groups excluding carboxylic acids is 1. The molecule has 1 amide bonds. The Hall–Kier alpha value is -2.45. The molecule has 2 aromatic carbocycles. The summed E-state index contributed by atoms with van der Waals surface area (Å²) in [6.45, 7) is 2.60. The molecule has 1 aliphatic heterocycles. The van der Waals surface area contributed by atoms with Gasteiger partial charge in [0.1, 0.15) is 0 Å². The molecule has 1 fully saturated rings. The Bertz CT molecular complexity index is 1060. The average molecular weight is 430 g/mol. The normalized spacial score (nSPS) is 15.0. The van der Waals surface area contributed by atoms with Crippen LogP contribution in [0.25, 0.3) is 10.2 Å². The number of amides is 1. The van der Waals surface area contributed by atoms with Crippen LogP contribution in [0.4, 0.5) is 5.13 Å². The highest BCUT2D eigenvalue weighted by Gasteiger charge is 2.24. The zero-order chi connectivity index (χ0) is 20.3. The van der Waals surface area contributed by atoms with Gasteiger partial charge >= 0.3 is 0 Å². The molecular formula is C21H23N3O3S2. The third kappa shape index (κ3) is 4.94. The van der Waals surface area contributed by atoms with E-state index in [0.717, 1.165) is 20.9 Å². The van der Waals surface area contributed by atoms with E-state index in [4.69, 9.17) is 0 Å². The summed E-state index contributed by atoms with van der Waals surface area (Å²) in [6, 6.07) is 17.1. The fraction of sp³-hybridized carbons (Fsp3) is 0.333. The van der Waals surface area contributed by atoms with Gasteiger partial charge in [-0.3, -0.25) is 4.79 Å². The van der Waals surface area contributed by atoms with E-state index in [9.17, 15) is 13.2 Å². The number of sulfone groups is 1. The summed E-state index contributed by atoms with van der Waals surface area (Å²) >= 11 is 1.66. The van der Waals surface area contributed by atoms with Gasteiger partial charge in [-0.2, -0.15) is 0 Å². The minimum atomic E-state index is -3.30. The molecule has 0 atom stereocenters. The van der Waals surface area contributed by atoms with Crippen LogP contribution in [-0.2, 0) is 20.4 Å². The van der Waals surface area contributed by atoms with E-state index in [1.165, 1.54) is 0 Å². The van der Waals surface area contributed by atoms with Gasteiger partial charge in [-0.1, -0.05) is 53.8 Å². The number of piperazine rings is 1.